The van der Waals surface area contributed by atoms with Gasteiger partial charge in [0.1, 0.15) is 16.5 Å². The predicted molar refractivity (Wildman–Crippen MR) is 104 cm³/mol. The predicted octanol–water partition coefficient (Wildman–Crippen LogP) is 2.12. The first-order valence-electron chi connectivity index (χ1n) is 8.76. The molecular formula is C18H20N6O2S. The van der Waals surface area contributed by atoms with Gasteiger partial charge >= 0.3 is 0 Å². The van der Waals surface area contributed by atoms with Crippen LogP contribution in [-0.4, -0.2) is 63.3 Å². The lowest BCUT2D eigenvalue weighted by molar-refractivity contribution is -0.119. The molecule has 8 nitrogen and oxygen atoms in total. The Kier molecular flexibility index (Phi) is 5.06. The van der Waals surface area contributed by atoms with Crippen LogP contribution in [0.2, 0.25) is 0 Å². The first kappa shape index (κ1) is 17.9. The summed E-state index contributed by atoms with van der Waals surface area (Å²) in [7, 11) is 0. The molecule has 4 rings (SSSR count). The van der Waals surface area contributed by atoms with Crippen molar-refractivity contribution in [1.82, 2.24) is 25.1 Å². The van der Waals surface area contributed by atoms with Crippen LogP contribution in [0.4, 0.5) is 5.82 Å². The van der Waals surface area contributed by atoms with Gasteiger partial charge in [0, 0.05) is 30.4 Å². The zero-order valence-electron chi connectivity index (χ0n) is 15.2. The van der Waals surface area contributed by atoms with Crippen molar-refractivity contribution in [2.75, 3.05) is 31.6 Å². The number of hydrogen-bond acceptors (Lipinski definition) is 8. The summed E-state index contributed by atoms with van der Waals surface area (Å²) < 4.78 is 5.41. The van der Waals surface area contributed by atoms with E-state index >= 15 is 0 Å². The highest BCUT2D eigenvalue weighted by Gasteiger charge is 2.21. The van der Waals surface area contributed by atoms with E-state index in [1.54, 1.807) is 12.4 Å². The number of rotatable bonds is 4. The van der Waals surface area contributed by atoms with Crippen LogP contribution < -0.4 is 5.32 Å². The molecule has 140 valence electrons. The molecule has 0 radical (unpaired) electrons. The Bertz CT molecular complexity index is 975. The van der Waals surface area contributed by atoms with Gasteiger partial charge in [0.25, 0.3) is 0 Å². The third kappa shape index (κ3) is 4.10. The second kappa shape index (κ2) is 7.63. The summed E-state index contributed by atoms with van der Waals surface area (Å²) in [5.41, 5.74) is 0.763. The van der Waals surface area contributed by atoms with E-state index < -0.39 is 0 Å². The summed E-state index contributed by atoms with van der Waals surface area (Å²) in [5, 5.41) is 14.6. The number of nitrogens with zero attached hydrogens (tertiary/aromatic N) is 5. The van der Waals surface area contributed by atoms with E-state index in [1.807, 2.05) is 19.1 Å². The van der Waals surface area contributed by atoms with Gasteiger partial charge in [-0.3, -0.25) is 14.7 Å². The Hall–Kier alpha value is -2.49. The van der Waals surface area contributed by atoms with E-state index in [4.69, 9.17) is 4.74 Å². The molecule has 9 heteroatoms. The number of nitrogens with one attached hydrogen (secondary N) is 1. The SMILES string of the molecule is Cc1nnc(-c2cc3cc(NC(=O)CN4CCOCC4C)ncc3cn2)s1. The van der Waals surface area contributed by atoms with Crippen molar-refractivity contribution in [3.8, 4) is 10.7 Å². The maximum Gasteiger partial charge on any atom is 0.239 e. The molecule has 0 bridgehead atoms. The van der Waals surface area contributed by atoms with Crippen molar-refractivity contribution >= 4 is 33.8 Å². The smallest absolute Gasteiger partial charge is 0.239 e. The van der Waals surface area contributed by atoms with Crippen molar-refractivity contribution in [3.63, 3.8) is 0 Å². The van der Waals surface area contributed by atoms with Gasteiger partial charge in [-0.25, -0.2) is 4.98 Å². The molecule has 27 heavy (non-hydrogen) atoms. The fourth-order valence-electron chi connectivity index (χ4n) is 2.99. The summed E-state index contributed by atoms with van der Waals surface area (Å²) in [6.45, 7) is 6.38. The summed E-state index contributed by atoms with van der Waals surface area (Å²) in [5.74, 6) is 0.448. The van der Waals surface area contributed by atoms with E-state index in [2.05, 4.69) is 37.3 Å². The maximum atomic E-state index is 12.4. The summed E-state index contributed by atoms with van der Waals surface area (Å²) in [6, 6.07) is 4.03. The number of amides is 1. The van der Waals surface area contributed by atoms with Gasteiger partial charge < -0.3 is 10.1 Å². The fourth-order valence-corrected chi connectivity index (χ4v) is 3.65. The van der Waals surface area contributed by atoms with Crippen LogP contribution in [-0.2, 0) is 9.53 Å². The zero-order chi connectivity index (χ0) is 18.8. The molecule has 0 spiro atoms. The highest BCUT2D eigenvalue weighted by Crippen LogP contribution is 2.25. The number of carbonyl (C=O) groups is 1. The highest BCUT2D eigenvalue weighted by molar-refractivity contribution is 7.14. The number of fused-ring (bicyclic) bond motifs is 1. The number of carbonyl (C=O) groups excluding carboxylic acids is 1. The number of pyridine rings is 2. The Morgan fingerprint density at radius 1 is 1.30 bits per heavy atom. The Morgan fingerprint density at radius 2 is 2.15 bits per heavy atom. The molecule has 1 N–H and O–H groups in total. The van der Waals surface area contributed by atoms with Crippen LogP contribution in [0.1, 0.15) is 11.9 Å². The monoisotopic (exact) mass is 384 g/mol. The standard InChI is InChI=1S/C18H20N6O2S/c1-11-10-26-4-3-24(11)9-17(25)21-16-6-13-5-15(18-23-22-12(2)27-18)19-7-14(13)8-20-16/h5-8,11H,3-4,9-10H2,1-2H3,(H,20,21,25). The normalized spacial score (nSPS) is 17.9. The van der Waals surface area contributed by atoms with Crippen molar-refractivity contribution in [2.45, 2.75) is 19.9 Å². The van der Waals surface area contributed by atoms with E-state index in [1.165, 1.54) is 11.3 Å². The minimum atomic E-state index is -0.0790. The average molecular weight is 384 g/mol. The molecule has 1 aliphatic heterocycles. The Labute approximate surface area is 160 Å². The van der Waals surface area contributed by atoms with Crippen LogP contribution in [0.5, 0.6) is 0 Å². The summed E-state index contributed by atoms with van der Waals surface area (Å²) in [4.78, 5) is 23.3. The van der Waals surface area contributed by atoms with E-state index in [-0.39, 0.29) is 11.9 Å². The summed E-state index contributed by atoms with van der Waals surface area (Å²) >= 11 is 1.50. The number of ether oxygens (including phenoxy) is 1. The first-order chi connectivity index (χ1) is 13.1. The maximum absolute atomic E-state index is 12.4. The lowest BCUT2D eigenvalue weighted by atomic mass is 10.2. The zero-order valence-corrected chi connectivity index (χ0v) is 16.0. The van der Waals surface area contributed by atoms with Crippen molar-refractivity contribution < 1.29 is 9.53 Å². The second-order valence-corrected chi connectivity index (χ2v) is 7.74. The molecule has 1 atom stereocenters. The molecule has 0 saturated carbocycles. The van der Waals surface area contributed by atoms with Crippen LogP contribution >= 0.6 is 11.3 Å². The fraction of sp³-hybridized carbons (Fsp3) is 0.389. The van der Waals surface area contributed by atoms with Gasteiger partial charge in [-0.2, -0.15) is 0 Å². The van der Waals surface area contributed by atoms with Crippen LogP contribution in [0.3, 0.4) is 0 Å². The van der Waals surface area contributed by atoms with Crippen molar-refractivity contribution in [2.24, 2.45) is 0 Å². The molecule has 0 aliphatic carbocycles. The molecule has 0 aromatic carbocycles. The van der Waals surface area contributed by atoms with E-state index in [0.29, 0.717) is 25.6 Å². The minimum absolute atomic E-state index is 0.0790. The number of morpholine rings is 1. The quantitative estimate of drug-likeness (QED) is 0.736. The van der Waals surface area contributed by atoms with Gasteiger partial charge in [-0.15, -0.1) is 10.2 Å². The lowest BCUT2D eigenvalue weighted by Crippen LogP contribution is -2.47. The van der Waals surface area contributed by atoms with Crippen LogP contribution in [0.15, 0.2) is 24.5 Å². The number of aryl methyl sites for hydroxylation is 1. The van der Waals surface area contributed by atoms with E-state index in [0.717, 1.165) is 33.0 Å². The molecule has 1 amide bonds. The van der Waals surface area contributed by atoms with Crippen LogP contribution in [0.25, 0.3) is 21.5 Å². The van der Waals surface area contributed by atoms with E-state index in [9.17, 15) is 4.79 Å². The summed E-state index contributed by atoms with van der Waals surface area (Å²) in [6.07, 6.45) is 3.47. The molecule has 3 aromatic heterocycles. The van der Waals surface area contributed by atoms with Gasteiger partial charge in [0.15, 0.2) is 5.01 Å². The lowest BCUT2D eigenvalue weighted by Gasteiger charge is -2.32. The van der Waals surface area contributed by atoms with Gasteiger partial charge in [-0.05, 0) is 31.4 Å². The molecule has 4 heterocycles. The largest absolute Gasteiger partial charge is 0.379 e. The molecule has 1 saturated heterocycles. The minimum Gasteiger partial charge on any atom is -0.379 e. The third-order valence-corrected chi connectivity index (χ3v) is 5.33. The Morgan fingerprint density at radius 3 is 2.93 bits per heavy atom. The molecule has 1 aliphatic rings. The number of aromatic nitrogens is 4. The van der Waals surface area contributed by atoms with Crippen molar-refractivity contribution in [1.29, 1.82) is 0 Å². The number of hydrogen-bond donors (Lipinski definition) is 1. The molecule has 3 aromatic rings. The van der Waals surface area contributed by atoms with Gasteiger partial charge in [0.2, 0.25) is 5.91 Å². The van der Waals surface area contributed by atoms with Crippen molar-refractivity contribution in [3.05, 3.63) is 29.5 Å². The number of anilines is 1. The molecule has 1 unspecified atom stereocenters. The topological polar surface area (TPSA) is 93.1 Å². The molecule has 1 fully saturated rings. The van der Waals surface area contributed by atoms with Gasteiger partial charge in [0.05, 0.1) is 19.8 Å². The molecular weight excluding hydrogens is 364 g/mol. The average Bonchev–Trinajstić information content (AvgIpc) is 3.09. The second-order valence-electron chi connectivity index (χ2n) is 6.56. The highest BCUT2D eigenvalue weighted by atomic mass is 32.1. The third-order valence-electron chi connectivity index (χ3n) is 4.47. The first-order valence-corrected chi connectivity index (χ1v) is 9.58. The van der Waals surface area contributed by atoms with Crippen LogP contribution in [0, 0.1) is 6.92 Å². The van der Waals surface area contributed by atoms with Gasteiger partial charge in [-0.1, -0.05) is 11.3 Å². The Balaban J connectivity index is 1.51.